The number of fused-ring (bicyclic) bond motifs is 1. The second-order valence-electron chi connectivity index (χ2n) is 8.79. The first-order valence-corrected chi connectivity index (χ1v) is 10.6. The van der Waals surface area contributed by atoms with Crippen molar-refractivity contribution in [3.8, 4) is 0 Å². The van der Waals surface area contributed by atoms with E-state index in [1.807, 2.05) is 20.8 Å². The third kappa shape index (κ3) is 6.04. The molecule has 1 saturated heterocycles. The van der Waals surface area contributed by atoms with Crippen LogP contribution in [0.15, 0.2) is 29.2 Å². The van der Waals surface area contributed by atoms with E-state index in [4.69, 9.17) is 4.74 Å². The molecule has 1 aliphatic heterocycles. The molecule has 0 saturated carbocycles. The normalized spacial score (nSPS) is 15.6. The molecule has 1 aromatic heterocycles. The number of piperidine rings is 1. The molecule has 1 aromatic carbocycles. The Balaban J connectivity index is 1.61. The Morgan fingerprint density at radius 2 is 1.90 bits per heavy atom. The van der Waals surface area contributed by atoms with Gasteiger partial charge in [0.05, 0.1) is 17.2 Å². The number of carbonyl (C=O) groups excluding carboxylic acids is 2. The number of hydrogen-bond donors (Lipinski definition) is 2. The zero-order valence-electron chi connectivity index (χ0n) is 18.6. The summed E-state index contributed by atoms with van der Waals surface area (Å²) in [5, 5.41) is 5.54. The summed E-state index contributed by atoms with van der Waals surface area (Å²) in [5.41, 5.74) is 1.11. The van der Waals surface area contributed by atoms with E-state index in [0.29, 0.717) is 29.7 Å². The summed E-state index contributed by atoms with van der Waals surface area (Å²) in [6.07, 6.45) is 2.59. The van der Waals surface area contributed by atoms with Crippen LogP contribution in [0.25, 0.3) is 11.0 Å². The molecule has 9 nitrogen and oxygen atoms in total. The fourth-order valence-electron chi connectivity index (χ4n) is 3.69. The summed E-state index contributed by atoms with van der Waals surface area (Å²) >= 11 is 0. The van der Waals surface area contributed by atoms with Crippen LogP contribution in [0.5, 0.6) is 0 Å². The predicted molar refractivity (Wildman–Crippen MR) is 118 cm³/mol. The molecule has 168 valence electrons. The maximum Gasteiger partial charge on any atom is 0.407 e. The molecule has 2 heterocycles. The third-order valence-electron chi connectivity index (χ3n) is 5.28. The molecule has 2 N–H and O–H groups in total. The lowest BCUT2D eigenvalue weighted by Crippen LogP contribution is -2.46. The highest BCUT2D eigenvalue weighted by Crippen LogP contribution is 2.15. The van der Waals surface area contributed by atoms with E-state index in [9.17, 15) is 14.4 Å². The van der Waals surface area contributed by atoms with E-state index in [2.05, 4.69) is 20.5 Å². The fraction of sp³-hybridized carbons (Fsp3) is 0.545. The first kappa shape index (κ1) is 22.7. The van der Waals surface area contributed by atoms with Crippen LogP contribution in [0.3, 0.4) is 0 Å². The molecule has 1 aliphatic rings. The minimum absolute atomic E-state index is 0.0886. The summed E-state index contributed by atoms with van der Waals surface area (Å²) in [4.78, 5) is 42.9. The van der Waals surface area contributed by atoms with Gasteiger partial charge < -0.3 is 24.8 Å². The van der Waals surface area contributed by atoms with Crippen LogP contribution in [0.1, 0.15) is 44.0 Å². The van der Waals surface area contributed by atoms with Gasteiger partial charge in [0.1, 0.15) is 5.60 Å². The summed E-state index contributed by atoms with van der Waals surface area (Å²) in [6.45, 7) is 8.37. The molecule has 9 heteroatoms. The highest BCUT2D eigenvalue weighted by Gasteiger charge is 2.23. The number of nitrogens with zero attached hydrogens (tertiary/aromatic N) is 3. The molecule has 0 unspecified atom stereocenters. The Labute approximate surface area is 181 Å². The van der Waals surface area contributed by atoms with Gasteiger partial charge >= 0.3 is 6.09 Å². The number of amides is 2. The molecular formula is C22H31N5O4. The van der Waals surface area contributed by atoms with Crippen LogP contribution in [-0.4, -0.2) is 64.8 Å². The standard InChI is InChI=1S/C22H31N5O4/c1-22(2,3)31-21(30)25-16-7-9-26(10-8-16)11-12-27-18-13-15(20(29)23-4)5-6-17(18)24-14-19(27)28/h5-6,13-14,16H,7-12H2,1-4H3,(H,23,29)(H,25,30). The minimum Gasteiger partial charge on any atom is -0.444 e. The zero-order chi connectivity index (χ0) is 22.6. The van der Waals surface area contributed by atoms with E-state index >= 15 is 0 Å². The van der Waals surface area contributed by atoms with Gasteiger partial charge in [0.25, 0.3) is 11.5 Å². The lowest BCUT2D eigenvalue weighted by atomic mass is 10.1. The highest BCUT2D eigenvalue weighted by atomic mass is 16.6. The molecule has 31 heavy (non-hydrogen) atoms. The first-order chi connectivity index (χ1) is 14.7. The number of alkyl carbamates (subject to hydrolysis) is 1. The average Bonchev–Trinajstić information content (AvgIpc) is 2.71. The number of hydrogen-bond acceptors (Lipinski definition) is 6. The van der Waals surface area contributed by atoms with Crippen LogP contribution in [0, 0.1) is 0 Å². The van der Waals surface area contributed by atoms with Crippen LogP contribution in [0.2, 0.25) is 0 Å². The number of aromatic nitrogens is 2. The van der Waals surface area contributed by atoms with Crippen LogP contribution >= 0.6 is 0 Å². The molecule has 0 atom stereocenters. The van der Waals surface area contributed by atoms with Crippen LogP contribution in [0.4, 0.5) is 4.79 Å². The van der Waals surface area contributed by atoms with Gasteiger partial charge in [-0.1, -0.05) is 0 Å². The van der Waals surface area contributed by atoms with Crippen LogP contribution in [-0.2, 0) is 11.3 Å². The molecule has 0 spiro atoms. The quantitative estimate of drug-likeness (QED) is 0.750. The molecule has 0 aliphatic carbocycles. The molecule has 3 rings (SSSR count). The van der Waals surface area contributed by atoms with Crippen molar-refractivity contribution in [1.29, 1.82) is 0 Å². The lowest BCUT2D eigenvalue weighted by molar-refractivity contribution is 0.0478. The molecule has 2 aromatic rings. The minimum atomic E-state index is -0.511. The van der Waals surface area contributed by atoms with Gasteiger partial charge in [0, 0.05) is 44.8 Å². The van der Waals surface area contributed by atoms with Crippen molar-refractivity contribution < 1.29 is 14.3 Å². The maximum absolute atomic E-state index is 12.5. The smallest absolute Gasteiger partial charge is 0.407 e. The number of ether oxygens (including phenoxy) is 1. The number of likely N-dealkylation sites (tertiary alicyclic amines) is 1. The molecule has 0 bridgehead atoms. The Hall–Kier alpha value is -2.94. The monoisotopic (exact) mass is 429 g/mol. The van der Waals surface area contributed by atoms with Gasteiger partial charge in [-0.3, -0.25) is 9.59 Å². The van der Waals surface area contributed by atoms with Crippen molar-refractivity contribution >= 4 is 23.0 Å². The van der Waals surface area contributed by atoms with Crippen molar-refractivity contribution in [3.05, 3.63) is 40.3 Å². The Bertz CT molecular complexity index is 1000. The second-order valence-corrected chi connectivity index (χ2v) is 8.79. The Morgan fingerprint density at radius 1 is 1.19 bits per heavy atom. The largest absolute Gasteiger partial charge is 0.444 e. The lowest BCUT2D eigenvalue weighted by Gasteiger charge is -2.33. The zero-order valence-corrected chi connectivity index (χ0v) is 18.6. The summed E-state index contributed by atoms with van der Waals surface area (Å²) in [6, 6.07) is 5.25. The summed E-state index contributed by atoms with van der Waals surface area (Å²) in [5.74, 6) is -0.204. The summed E-state index contributed by atoms with van der Waals surface area (Å²) < 4.78 is 6.99. The fourth-order valence-corrected chi connectivity index (χ4v) is 3.69. The van der Waals surface area contributed by atoms with Gasteiger partial charge in [-0.25, -0.2) is 9.78 Å². The topological polar surface area (TPSA) is 106 Å². The van der Waals surface area contributed by atoms with Crippen molar-refractivity contribution in [1.82, 2.24) is 25.1 Å². The Morgan fingerprint density at radius 3 is 2.55 bits per heavy atom. The summed E-state index contributed by atoms with van der Waals surface area (Å²) in [7, 11) is 1.57. The maximum atomic E-state index is 12.5. The van der Waals surface area contributed by atoms with Gasteiger partial charge in [-0.05, 0) is 51.8 Å². The van der Waals surface area contributed by atoms with Gasteiger partial charge in [-0.2, -0.15) is 0 Å². The Kier molecular flexibility index (Phi) is 6.94. The number of benzene rings is 1. The van der Waals surface area contributed by atoms with E-state index in [1.165, 1.54) is 6.20 Å². The average molecular weight is 430 g/mol. The van der Waals surface area contributed by atoms with Crippen molar-refractivity contribution in [3.63, 3.8) is 0 Å². The van der Waals surface area contributed by atoms with E-state index in [0.717, 1.165) is 25.9 Å². The van der Waals surface area contributed by atoms with Gasteiger partial charge in [0.15, 0.2) is 0 Å². The van der Waals surface area contributed by atoms with Crippen molar-refractivity contribution in [2.75, 3.05) is 26.7 Å². The van der Waals surface area contributed by atoms with Crippen molar-refractivity contribution in [2.45, 2.75) is 51.8 Å². The first-order valence-electron chi connectivity index (χ1n) is 10.6. The molecule has 0 radical (unpaired) electrons. The second kappa shape index (κ2) is 9.47. The van der Waals surface area contributed by atoms with Gasteiger partial charge in [0.2, 0.25) is 0 Å². The molecule has 1 fully saturated rings. The number of nitrogens with one attached hydrogen (secondary N) is 2. The van der Waals surface area contributed by atoms with Crippen molar-refractivity contribution in [2.24, 2.45) is 0 Å². The van der Waals surface area contributed by atoms with Gasteiger partial charge in [-0.15, -0.1) is 0 Å². The van der Waals surface area contributed by atoms with E-state index < -0.39 is 5.60 Å². The third-order valence-corrected chi connectivity index (χ3v) is 5.28. The van der Waals surface area contributed by atoms with E-state index in [1.54, 1.807) is 29.8 Å². The molecule has 2 amide bonds. The highest BCUT2D eigenvalue weighted by molar-refractivity contribution is 5.97. The van der Waals surface area contributed by atoms with Crippen LogP contribution < -0.4 is 16.2 Å². The predicted octanol–water partition coefficient (Wildman–Crippen LogP) is 1.75. The number of rotatable bonds is 5. The molecular weight excluding hydrogens is 398 g/mol. The van der Waals surface area contributed by atoms with E-state index in [-0.39, 0.29) is 23.6 Å². The SMILES string of the molecule is CNC(=O)c1ccc2ncc(=O)n(CCN3CCC(NC(=O)OC(C)(C)C)CC3)c2c1. The number of carbonyl (C=O) groups is 2.